The van der Waals surface area contributed by atoms with Gasteiger partial charge in [0.25, 0.3) is 0 Å². The van der Waals surface area contributed by atoms with Crippen molar-refractivity contribution < 1.29 is 9.50 Å². The van der Waals surface area contributed by atoms with E-state index in [0.717, 1.165) is 5.82 Å². The molecule has 1 aromatic heterocycles. The largest absolute Gasteiger partial charge is 0.392 e. The summed E-state index contributed by atoms with van der Waals surface area (Å²) < 4.78 is 15.4. The molecule has 2 rings (SSSR count). The average Bonchev–Trinajstić information content (AvgIpc) is 2.76. The van der Waals surface area contributed by atoms with Crippen molar-refractivity contribution in [3.05, 3.63) is 47.8 Å². The number of aryl methyl sites for hydroxylation is 1. The van der Waals surface area contributed by atoms with Gasteiger partial charge < -0.3 is 9.67 Å². The van der Waals surface area contributed by atoms with E-state index in [1.807, 2.05) is 6.92 Å². The number of hydrogen-bond donors (Lipinski definition) is 1. The standard InChI is InChI=1S/C12H13FN2O/c1-2-11-14-6-7-15(11)12-9(8-16)4-3-5-10(12)13/h3-7,16H,2,8H2,1H3. The van der Waals surface area contributed by atoms with Crippen LogP contribution in [0.25, 0.3) is 5.69 Å². The van der Waals surface area contributed by atoms with E-state index in [2.05, 4.69) is 4.98 Å². The fraction of sp³-hybridized carbons (Fsp3) is 0.250. The second kappa shape index (κ2) is 4.45. The van der Waals surface area contributed by atoms with Crippen LogP contribution in [-0.2, 0) is 13.0 Å². The van der Waals surface area contributed by atoms with Crippen LogP contribution in [0.4, 0.5) is 4.39 Å². The molecule has 0 spiro atoms. The predicted octanol–water partition coefficient (Wildman–Crippen LogP) is 2.07. The number of nitrogens with zero attached hydrogens (tertiary/aromatic N) is 2. The maximum Gasteiger partial charge on any atom is 0.147 e. The molecule has 0 aliphatic heterocycles. The molecule has 0 atom stereocenters. The first-order valence-electron chi connectivity index (χ1n) is 5.18. The third-order valence-corrected chi connectivity index (χ3v) is 2.52. The van der Waals surface area contributed by atoms with Crippen LogP contribution in [0.5, 0.6) is 0 Å². The second-order valence-electron chi connectivity index (χ2n) is 3.47. The van der Waals surface area contributed by atoms with E-state index < -0.39 is 0 Å². The lowest BCUT2D eigenvalue weighted by atomic mass is 10.1. The lowest BCUT2D eigenvalue weighted by Crippen LogP contribution is -2.05. The summed E-state index contributed by atoms with van der Waals surface area (Å²) in [4.78, 5) is 4.14. The molecule has 0 bridgehead atoms. The molecule has 0 saturated heterocycles. The SMILES string of the molecule is CCc1nccn1-c1c(F)cccc1CO. The molecule has 1 aromatic carbocycles. The minimum Gasteiger partial charge on any atom is -0.392 e. The van der Waals surface area contributed by atoms with Gasteiger partial charge in [0, 0.05) is 24.4 Å². The molecule has 0 fully saturated rings. The fourth-order valence-corrected chi connectivity index (χ4v) is 1.76. The molecule has 1 heterocycles. The van der Waals surface area contributed by atoms with Gasteiger partial charge in [-0.1, -0.05) is 19.1 Å². The van der Waals surface area contributed by atoms with Crippen molar-refractivity contribution in [3.63, 3.8) is 0 Å². The first-order chi connectivity index (χ1) is 7.77. The first-order valence-corrected chi connectivity index (χ1v) is 5.18. The van der Waals surface area contributed by atoms with E-state index in [4.69, 9.17) is 0 Å². The quantitative estimate of drug-likeness (QED) is 0.859. The summed E-state index contributed by atoms with van der Waals surface area (Å²) in [7, 11) is 0. The smallest absolute Gasteiger partial charge is 0.147 e. The molecule has 0 aliphatic carbocycles. The van der Waals surface area contributed by atoms with Crippen molar-refractivity contribution in [1.82, 2.24) is 9.55 Å². The van der Waals surface area contributed by atoms with Crippen molar-refractivity contribution >= 4 is 0 Å². The van der Waals surface area contributed by atoms with Crippen LogP contribution in [0.3, 0.4) is 0 Å². The van der Waals surface area contributed by atoms with Gasteiger partial charge in [-0.3, -0.25) is 0 Å². The average molecular weight is 220 g/mol. The van der Waals surface area contributed by atoms with Crippen molar-refractivity contribution in [2.75, 3.05) is 0 Å². The Morgan fingerprint density at radius 2 is 2.25 bits per heavy atom. The van der Waals surface area contributed by atoms with E-state index in [1.54, 1.807) is 29.1 Å². The predicted molar refractivity (Wildman–Crippen MR) is 58.8 cm³/mol. The van der Waals surface area contributed by atoms with Crippen molar-refractivity contribution in [1.29, 1.82) is 0 Å². The first kappa shape index (κ1) is 10.8. The normalized spacial score (nSPS) is 10.7. The van der Waals surface area contributed by atoms with Gasteiger partial charge in [0.2, 0.25) is 0 Å². The van der Waals surface area contributed by atoms with Crippen LogP contribution < -0.4 is 0 Å². The number of aromatic nitrogens is 2. The van der Waals surface area contributed by atoms with E-state index in [9.17, 15) is 9.50 Å². The lowest BCUT2D eigenvalue weighted by molar-refractivity contribution is 0.281. The Labute approximate surface area is 93.2 Å². The van der Waals surface area contributed by atoms with Gasteiger partial charge in [0.15, 0.2) is 0 Å². The number of halogens is 1. The molecule has 0 aliphatic rings. The Balaban J connectivity index is 2.63. The van der Waals surface area contributed by atoms with E-state index >= 15 is 0 Å². The summed E-state index contributed by atoms with van der Waals surface area (Å²) >= 11 is 0. The molecule has 0 radical (unpaired) electrons. The summed E-state index contributed by atoms with van der Waals surface area (Å²) in [5.41, 5.74) is 0.951. The van der Waals surface area contributed by atoms with Gasteiger partial charge in [-0.25, -0.2) is 9.37 Å². The Bertz CT molecular complexity index is 494. The number of benzene rings is 1. The van der Waals surface area contributed by atoms with Gasteiger partial charge >= 0.3 is 0 Å². The second-order valence-corrected chi connectivity index (χ2v) is 3.47. The highest BCUT2D eigenvalue weighted by Crippen LogP contribution is 2.20. The van der Waals surface area contributed by atoms with Crippen LogP contribution in [0, 0.1) is 5.82 Å². The third kappa shape index (κ3) is 1.72. The number of para-hydroxylation sites is 1. The summed E-state index contributed by atoms with van der Waals surface area (Å²) in [5.74, 6) is 0.430. The highest BCUT2D eigenvalue weighted by atomic mass is 19.1. The molecule has 16 heavy (non-hydrogen) atoms. The van der Waals surface area contributed by atoms with Gasteiger partial charge in [0.05, 0.1) is 12.3 Å². The lowest BCUT2D eigenvalue weighted by Gasteiger charge is -2.11. The number of rotatable bonds is 3. The van der Waals surface area contributed by atoms with Crippen molar-refractivity contribution in [3.8, 4) is 5.69 Å². The monoisotopic (exact) mass is 220 g/mol. The van der Waals surface area contributed by atoms with Gasteiger partial charge in [0.1, 0.15) is 11.6 Å². The Hall–Kier alpha value is -1.68. The van der Waals surface area contributed by atoms with Crippen LogP contribution in [0.15, 0.2) is 30.6 Å². The van der Waals surface area contributed by atoms with Crippen LogP contribution in [0.2, 0.25) is 0 Å². The summed E-state index contributed by atoms with van der Waals surface area (Å²) in [6.07, 6.45) is 4.05. The maximum atomic E-state index is 13.8. The summed E-state index contributed by atoms with van der Waals surface area (Å²) in [6.45, 7) is 1.77. The number of hydrogen-bond acceptors (Lipinski definition) is 2. The van der Waals surface area contributed by atoms with Crippen LogP contribution in [0.1, 0.15) is 18.3 Å². The van der Waals surface area contributed by atoms with Gasteiger partial charge in [-0.15, -0.1) is 0 Å². The topological polar surface area (TPSA) is 38.0 Å². The fourth-order valence-electron chi connectivity index (χ4n) is 1.76. The van der Waals surface area contributed by atoms with Crippen LogP contribution in [-0.4, -0.2) is 14.7 Å². The number of aliphatic hydroxyl groups is 1. The molecule has 0 amide bonds. The van der Waals surface area contributed by atoms with E-state index in [1.165, 1.54) is 6.07 Å². The zero-order valence-electron chi connectivity index (χ0n) is 9.02. The van der Waals surface area contributed by atoms with Crippen LogP contribution >= 0.6 is 0 Å². The number of aliphatic hydroxyl groups excluding tert-OH is 1. The van der Waals surface area contributed by atoms with Crippen molar-refractivity contribution in [2.24, 2.45) is 0 Å². The molecule has 4 heteroatoms. The van der Waals surface area contributed by atoms with Gasteiger partial charge in [-0.05, 0) is 6.07 Å². The molecule has 84 valence electrons. The van der Waals surface area contributed by atoms with E-state index in [0.29, 0.717) is 17.7 Å². The minimum atomic E-state index is -0.348. The summed E-state index contributed by atoms with van der Waals surface area (Å²) in [5, 5.41) is 9.20. The highest BCUT2D eigenvalue weighted by molar-refractivity contribution is 5.43. The van der Waals surface area contributed by atoms with Crippen molar-refractivity contribution in [2.45, 2.75) is 20.0 Å². The Morgan fingerprint density at radius 3 is 2.94 bits per heavy atom. The molecular weight excluding hydrogens is 207 g/mol. The molecule has 2 aromatic rings. The molecule has 0 saturated carbocycles. The zero-order chi connectivity index (χ0) is 11.5. The zero-order valence-corrected chi connectivity index (χ0v) is 9.02. The third-order valence-electron chi connectivity index (χ3n) is 2.52. The molecule has 3 nitrogen and oxygen atoms in total. The molecular formula is C12H13FN2O. The Kier molecular flexibility index (Phi) is 3.01. The highest BCUT2D eigenvalue weighted by Gasteiger charge is 2.12. The van der Waals surface area contributed by atoms with E-state index in [-0.39, 0.29) is 12.4 Å². The maximum absolute atomic E-state index is 13.8. The minimum absolute atomic E-state index is 0.186. The molecule has 0 unspecified atom stereocenters. The summed E-state index contributed by atoms with van der Waals surface area (Å²) in [6, 6.07) is 4.68. The number of imidazole rings is 1. The Morgan fingerprint density at radius 1 is 1.44 bits per heavy atom. The van der Waals surface area contributed by atoms with Gasteiger partial charge in [-0.2, -0.15) is 0 Å². The molecule has 1 N–H and O–H groups in total.